The van der Waals surface area contributed by atoms with Crippen molar-refractivity contribution in [1.29, 1.82) is 0 Å². The summed E-state index contributed by atoms with van der Waals surface area (Å²) in [6.45, 7) is 7.53. The fraction of sp³-hybridized carbons (Fsp3) is 0.625. The molecule has 2 aromatic heterocycles. The summed E-state index contributed by atoms with van der Waals surface area (Å²) in [5.74, 6) is 2.48. The van der Waals surface area contributed by atoms with Gasteiger partial charge in [0.05, 0.1) is 22.9 Å². The maximum atomic E-state index is 9.86. The molecule has 0 amide bonds. The minimum Gasteiger partial charge on any atom is -0.446 e. The Bertz CT molecular complexity index is 905. The number of halogens is 2. The average Bonchev–Trinajstić information content (AvgIpc) is 3.07. The number of oxazole rings is 2. The van der Waals surface area contributed by atoms with Gasteiger partial charge >= 0.3 is 0 Å². The van der Waals surface area contributed by atoms with Crippen LogP contribution in [0.2, 0.25) is 0 Å². The van der Waals surface area contributed by atoms with Gasteiger partial charge in [0.15, 0.2) is 11.8 Å². The van der Waals surface area contributed by atoms with Gasteiger partial charge in [-0.15, -0.1) is 23.2 Å². The Labute approximate surface area is 186 Å². The van der Waals surface area contributed by atoms with Crippen LogP contribution in [0.1, 0.15) is 34.7 Å². The molecule has 0 aromatic carbocycles. The van der Waals surface area contributed by atoms with Crippen molar-refractivity contribution in [1.82, 2.24) is 9.97 Å². The summed E-state index contributed by atoms with van der Waals surface area (Å²) in [5.41, 5.74) is 1.91. The highest BCUT2D eigenvalue weighted by molar-refractivity contribution is 7.89. The van der Waals surface area contributed by atoms with E-state index in [-0.39, 0.29) is 0 Å². The maximum absolute atomic E-state index is 9.86. The molecule has 0 aliphatic rings. The third-order valence-electron chi connectivity index (χ3n) is 3.24. The molecule has 174 valence electrons. The van der Waals surface area contributed by atoms with Gasteiger partial charge in [-0.25, -0.2) is 9.97 Å². The molecule has 10 nitrogen and oxygen atoms in total. The van der Waals surface area contributed by atoms with Crippen molar-refractivity contribution in [3.63, 3.8) is 0 Å². The third kappa shape index (κ3) is 13.9. The van der Waals surface area contributed by atoms with Crippen LogP contribution in [0.4, 0.5) is 0 Å². The van der Waals surface area contributed by atoms with Crippen molar-refractivity contribution in [3.05, 3.63) is 34.7 Å². The zero-order chi connectivity index (χ0) is 23.5. The van der Waals surface area contributed by atoms with Crippen LogP contribution < -0.4 is 0 Å². The van der Waals surface area contributed by atoms with Crippen molar-refractivity contribution < 1.29 is 34.8 Å². The SMILES string of the molecule is Cc1nc(C)c(CCCl)o1.Cc1nc(C)c(CCCl)o1.O=S(=O)(O)CCS(=O)(=O)O. The number of rotatable bonds is 7. The van der Waals surface area contributed by atoms with E-state index in [1.54, 1.807) is 0 Å². The molecular formula is C16H26Cl2N2O8S2. The molecular weight excluding hydrogens is 483 g/mol. The molecule has 0 fully saturated rings. The monoisotopic (exact) mass is 508 g/mol. The van der Waals surface area contributed by atoms with Crippen molar-refractivity contribution in [3.8, 4) is 0 Å². The molecule has 0 saturated heterocycles. The Morgan fingerprint density at radius 1 is 0.733 bits per heavy atom. The first-order valence-electron chi connectivity index (χ1n) is 8.56. The minimum absolute atomic E-state index is 0.593. The van der Waals surface area contributed by atoms with Crippen LogP contribution in [0.15, 0.2) is 8.83 Å². The molecule has 30 heavy (non-hydrogen) atoms. The van der Waals surface area contributed by atoms with Crippen LogP contribution in [0.25, 0.3) is 0 Å². The zero-order valence-electron chi connectivity index (χ0n) is 17.1. The van der Waals surface area contributed by atoms with Crippen LogP contribution in [-0.2, 0) is 33.1 Å². The lowest BCUT2D eigenvalue weighted by Gasteiger charge is -1.92. The number of hydrogen-bond acceptors (Lipinski definition) is 8. The first-order chi connectivity index (χ1) is 13.7. The predicted octanol–water partition coefficient (Wildman–Crippen LogP) is 2.91. The molecule has 0 aliphatic heterocycles. The highest BCUT2D eigenvalue weighted by Crippen LogP contribution is 2.10. The molecule has 0 saturated carbocycles. The van der Waals surface area contributed by atoms with Crippen LogP contribution >= 0.6 is 23.2 Å². The summed E-state index contributed by atoms with van der Waals surface area (Å²) >= 11 is 11.1. The van der Waals surface area contributed by atoms with Crippen molar-refractivity contribution in [2.75, 3.05) is 23.3 Å². The zero-order valence-corrected chi connectivity index (χ0v) is 20.2. The maximum Gasteiger partial charge on any atom is 0.265 e. The van der Waals surface area contributed by atoms with Gasteiger partial charge in [-0.3, -0.25) is 9.11 Å². The van der Waals surface area contributed by atoms with E-state index in [1.807, 2.05) is 27.7 Å². The van der Waals surface area contributed by atoms with E-state index in [1.165, 1.54) is 0 Å². The van der Waals surface area contributed by atoms with E-state index >= 15 is 0 Å². The van der Waals surface area contributed by atoms with Gasteiger partial charge in [0.25, 0.3) is 20.2 Å². The molecule has 0 aliphatic carbocycles. The smallest absolute Gasteiger partial charge is 0.265 e. The lowest BCUT2D eigenvalue weighted by Crippen LogP contribution is -2.15. The normalized spacial score (nSPS) is 11.3. The second-order valence-electron chi connectivity index (χ2n) is 5.93. The molecule has 2 heterocycles. The highest BCUT2D eigenvalue weighted by Gasteiger charge is 2.11. The molecule has 2 aromatic rings. The van der Waals surface area contributed by atoms with Gasteiger partial charge in [-0.05, 0) is 13.8 Å². The van der Waals surface area contributed by atoms with Crippen molar-refractivity contribution in [2.45, 2.75) is 40.5 Å². The molecule has 0 unspecified atom stereocenters. The van der Waals surface area contributed by atoms with E-state index in [2.05, 4.69) is 9.97 Å². The van der Waals surface area contributed by atoms with E-state index in [0.717, 1.165) is 47.5 Å². The van der Waals surface area contributed by atoms with E-state index in [4.69, 9.17) is 41.1 Å². The average molecular weight is 509 g/mol. The standard InChI is InChI=1S/2C7H10ClNO.C2H6O6S2/c2*1-5-7(3-4-8)10-6(2)9-5;3-9(4,5)1-2-10(6,7)8/h2*3-4H2,1-2H3;1-2H2,(H,3,4,5)(H,6,7,8). The molecule has 0 spiro atoms. The number of hydrogen-bond donors (Lipinski definition) is 2. The van der Waals surface area contributed by atoms with Crippen LogP contribution in [0.3, 0.4) is 0 Å². The number of nitrogens with zero attached hydrogens (tertiary/aromatic N) is 2. The fourth-order valence-corrected chi connectivity index (χ4v) is 4.02. The van der Waals surface area contributed by atoms with Gasteiger partial charge in [0.2, 0.25) is 0 Å². The van der Waals surface area contributed by atoms with Crippen LogP contribution in [0.5, 0.6) is 0 Å². The Morgan fingerprint density at radius 3 is 1.20 bits per heavy atom. The van der Waals surface area contributed by atoms with Crippen LogP contribution in [0, 0.1) is 27.7 Å². The van der Waals surface area contributed by atoms with Gasteiger partial charge in [0, 0.05) is 38.4 Å². The highest BCUT2D eigenvalue weighted by atomic mass is 35.5. The van der Waals surface area contributed by atoms with Crippen molar-refractivity contribution in [2.24, 2.45) is 0 Å². The van der Waals surface area contributed by atoms with E-state index in [9.17, 15) is 16.8 Å². The van der Waals surface area contributed by atoms with E-state index < -0.39 is 31.7 Å². The predicted molar refractivity (Wildman–Crippen MR) is 114 cm³/mol. The minimum atomic E-state index is -4.30. The molecule has 0 atom stereocenters. The van der Waals surface area contributed by atoms with Gasteiger partial charge < -0.3 is 8.83 Å². The Kier molecular flexibility index (Phi) is 12.8. The van der Waals surface area contributed by atoms with Crippen LogP contribution in [-0.4, -0.2) is 59.2 Å². The number of aryl methyl sites for hydroxylation is 6. The van der Waals surface area contributed by atoms with Crippen molar-refractivity contribution >= 4 is 43.4 Å². The quantitative estimate of drug-likeness (QED) is 0.419. The Morgan fingerprint density at radius 2 is 1.03 bits per heavy atom. The molecule has 0 radical (unpaired) electrons. The summed E-state index contributed by atoms with van der Waals surface area (Å²) in [6, 6.07) is 0. The Balaban J connectivity index is 0.000000420. The molecule has 0 bridgehead atoms. The Hall–Kier alpha value is -1.18. The molecule has 14 heteroatoms. The van der Waals surface area contributed by atoms with Gasteiger partial charge in [0.1, 0.15) is 11.5 Å². The lowest BCUT2D eigenvalue weighted by atomic mass is 10.3. The summed E-state index contributed by atoms with van der Waals surface area (Å²) < 4.78 is 65.9. The van der Waals surface area contributed by atoms with Gasteiger partial charge in [-0.2, -0.15) is 16.8 Å². The summed E-state index contributed by atoms with van der Waals surface area (Å²) in [4.78, 5) is 8.21. The summed E-state index contributed by atoms with van der Waals surface area (Å²) in [6.07, 6.45) is 1.54. The number of aromatic nitrogens is 2. The summed E-state index contributed by atoms with van der Waals surface area (Å²) in [7, 11) is -8.59. The molecule has 2 rings (SSSR count). The summed E-state index contributed by atoms with van der Waals surface area (Å²) in [5, 5.41) is 0. The van der Waals surface area contributed by atoms with E-state index in [0.29, 0.717) is 11.8 Å². The number of alkyl halides is 2. The second-order valence-corrected chi connectivity index (χ2v) is 9.83. The largest absolute Gasteiger partial charge is 0.446 e. The first-order valence-corrected chi connectivity index (χ1v) is 12.8. The first kappa shape index (κ1) is 28.8. The molecule has 2 N–H and O–H groups in total. The topological polar surface area (TPSA) is 161 Å². The van der Waals surface area contributed by atoms with Gasteiger partial charge in [-0.1, -0.05) is 0 Å². The fourth-order valence-electron chi connectivity index (χ4n) is 1.99. The second kappa shape index (κ2) is 13.3. The lowest BCUT2D eigenvalue weighted by molar-refractivity contribution is 0.472. The third-order valence-corrected chi connectivity index (χ3v) is 5.32.